The summed E-state index contributed by atoms with van der Waals surface area (Å²) in [5.41, 5.74) is 0.336. The lowest BCUT2D eigenvalue weighted by Gasteiger charge is -2.25. The second kappa shape index (κ2) is 8.41. The van der Waals surface area contributed by atoms with Crippen LogP contribution in [0.2, 0.25) is 0 Å². The summed E-state index contributed by atoms with van der Waals surface area (Å²) in [6, 6.07) is 4.51. The number of carbonyl (C=O) groups excluding carboxylic acids is 1. The largest absolute Gasteiger partial charge is 0.434 e. The summed E-state index contributed by atoms with van der Waals surface area (Å²) in [6.07, 6.45) is 3.10. The van der Waals surface area contributed by atoms with Crippen molar-refractivity contribution in [2.75, 3.05) is 0 Å². The zero-order valence-electron chi connectivity index (χ0n) is 18.3. The maximum Gasteiger partial charge on any atom is 0.434 e. The lowest BCUT2D eigenvalue weighted by atomic mass is 9.86. The maximum atomic E-state index is 15.0. The van der Waals surface area contributed by atoms with Gasteiger partial charge in [-0.15, -0.1) is 0 Å². The molecule has 3 unspecified atom stereocenters. The van der Waals surface area contributed by atoms with Crippen LogP contribution in [0.1, 0.15) is 46.6 Å². The molecule has 2 bridgehead atoms. The van der Waals surface area contributed by atoms with Gasteiger partial charge in [0.05, 0.1) is 23.0 Å². The number of amides is 1. The van der Waals surface area contributed by atoms with Gasteiger partial charge in [-0.3, -0.25) is 9.78 Å². The van der Waals surface area contributed by atoms with Gasteiger partial charge in [0.1, 0.15) is 5.82 Å². The fourth-order valence-electron chi connectivity index (χ4n) is 5.23. The fourth-order valence-corrected chi connectivity index (χ4v) is 5.23. The second-order valence-corrected chi connectivity index (χ2v) is 8.84. The molecule has 4 heterocycles. The maximum absolute atomic E-state index is 15.0. The van der Waals surface area contributed by atoms with E-state index in [-0.39, 0.29) is 40.9 Å². The summed E-state index contributed by atoms with van der Waals surface area (Å²) < 4.78 is 53.3. The van der Waals surface area contributed by atoms with Gasteiger partial charge in [0.2, 0.25) is 0 Å². The standard InChI is InChI=1S/C24H21F4N5O/c1-13-7-17(21(18(25)8-13)22-29-5-2-6-30-22)23(34)33-16-3-4-19(33)14(10-16)9-15-11-32-20(12-31-15)24(26,27)28/h2,5-8,11-12,14,16,19H,3-4,9-10H2,1H3. The number of hydrogen-bond acceptors (Lipinski definition) is 5. The van der Waals surface area contributed by atoms with Crippen molar-refractivity contribution in [1.82, 2.24) is 24.8 Å². The first kappa shape index (κ1) is 22.4. The van der Waals surface area contributed by atoms with E-state index in [1.807, 2.05) is 4.90 Å². The van der Waals surface area contributed by atoms with Crippen molar-refractivity contribution >= 4 is 5.91 Å². The smallest absolute Gasteiger partial charge is 0.332 e. The number of halogens is 4. The number of rotatable bonds is 4. The number of hydrogen-bond donors (Lipinski definition) is 0. The van der Waals surface area contributed by atoms with E-state index < -0.39 is 17.7 Å². The van der Waals surface area contributed by atoms with Crippen molar-refractivity contribution in [1.29, 1.82) is 0 Å². The van der Waals surface area contributed by atoms with E-state index in [4.69, 9.17) is 0 Å². The Morgan fingerprint density at radius 1 is 1.09 bits per heavy atom. The summed E-state index contributed by atoms with van der Waals surface area (Å²) in [7, 11) is 0. The first-order valence-electron chi connectivity index (χ1n) is 11.0. The quantitative estimate of drug-likeness (QED) is 0.519. The predicted molar refractivity (Wildman–Crippen MR) is 114 cm³/mol. The topological polar surface area (TPSA) is 71.9 Å². The summed E-state index contributed by atoms with van der Waals surface area (Å²) in [5.74, 6) is -0.650. The molecular formula is C24H21F4N5O. The Morgan fingerprint density at radius 2 is 1.85 bits per heavy atom. The molecule has 0 spiro atoms. The number of benzene rings is 1. The molecule has 2 aliphatic rings. The SMILES string of the molecule is Cc1cc(F)c(-c2ncccn2)c(C(=O)N2C3CCC2C(Cc2cnc(C(F)(F)F)cn2)C3)c1. The summed E-state index contributed by atoms with van der Waals surface area (Å²) in [6.45, 7) is 1.72. The first-order chi connectivity index (χ1) is 16.2. The van der Waals surface area contributed by atoms with E-state index in [9.17, 15) is 22.4 Å². The van der Waals surface area contributed by atoms with Crippen LogP contribution in [0, 0.1) is 18.7 Å². The van der Waals surface area contributed by atoms with Crippen molar-refractivity contribution in [3.8, 4) is 11.4 Å². The summed E-state index contributed by atoms with van der Waals surface area (Å²) in [4.78, 5) is 31.2. The van der Waals surface area contributed by atoms with E-state index in [0.717, 1.165) is 25.2 Å². The zero-order valence-corrected chi connectivity index (χ0v) is 18.3. The molecule has 2 saturated heterocycles. The van der Waals surface area contributed by atoms with Crippen LogP contribution in [0.4, 0.5) is 17.6 Å². The monoisotopic (exact) mass is 471 g/mol. The molecule has 176 valence electrons. The third kappa shape index (κ3) is 4.01. The predicted octanol–water partition coefficient (Wildman–Crippen LogP) is 4.64. The van der Waals surface area contributed by atoms with Gasteiger partial charge in [-0.2, -0.15) is 13.2 Å². The number of aryl methyl sites for hydroxylation is 1. The van der Waals surface area contributed by atoms with Gasteiger partial charge in [0.25, 0.3) is 5.91 Å². The Hall–Kier alpha value is -3.43. The van der Waals surface area contributed by atoms with Crippen LogP contribution in [0.3, 0.4) is 0 Å². The molecule has 3 atom stereocenters. The number of carbonyl (C=O) groups is 1. The van der Waals surface area contributed by atoms with Crippen molar-refractivity contribution in [2.45, 2.75) is 50.9 Å². The fraction of sp³-hybridized carbons (Fsp3) is 0.375. The van der Waals surface area contributed by atoms with E-state index >= 15 is 0 Å². The Bertz CT molecular complexity index is 1220. The molecule has 2 aliphatic heterocycles. The lowest BCUT2D eigenvalue weighted by Crippen LogP contribution is -2.37. The summed E-state index contributed by atoms with van der Waals surface area (Å²) in [5, 5.41) is 0. The van der Waals surface area contributed by atoms with Crippen LogP contribution < -0.4 is 0 Å². The summed E-state index contributed by atoms with van der Waals surface area (Å²) >= 11 is 0. The van der Waals surface area contributed by atoms with Crippen molar-refractivity contribution in [3.05, 3.63) is 71.3 Å². The van der Waals surface area contributed by atoms with Gasteiger partial charge in [-0.05, 0) is 62.3 Å². The molecule has 34 heavy (non-hydrogen) atoms. The van der Waals surface area contributed by atoms with Crippen LogP contribution in [0.5, 0.6) is 0 Å². The van der Waals surface area contributed by atoms with Crippen molar-refractivity contribution in [2.24, 2.45) is 5.92 Å². The molecule has 6 nitrogen and oxygen atoms in total. The van der Waals surface area contributed by atoms with Crippen LogP contribution >= 0.6 is 0 Å². The van der Waals surface area contributed by atoms with Crippen LogP contribution in [-0.2, 0) is 12.6 Å². The van der Waals surface area contributed by atoms with Gasteiger partial charge in [0, 0.05) is 30.7 Å². The molecule has 0 N–H and O–H groups in total. The van der Waals surface area contributed by atoms with E-state index in [0.29, 0.717) is 24.1 Å². The van der Waals surface area contributed by atoms with Crippen LogP contribution in [-0.4, -0.2) is 42.8 Å². The van der Waals surface area contributed by atoms with Gasteiger partial charge in [-0.25, -0.2) is 19.3 Å². The number of alkyl halides is 3. The lowest BCUT2D eigenvalue weighted by molar-refractivity contribution is -0.141. The minimum Gasteiger partial charge on any atom is -0.332 e. The Morgan fingerprint density at radius 3 is 2.53 bits per heavy atom. The van der Waals surface area contributed by atoms with Crippen LogP contribution in [0.15, 0.2) is 43.0 Å². The molecular weight excluding hydrogens is 450 g/mol. The zero-order chi connectivity index (χ0) is 24.0. The van der Waals surface area contributed by atoms with Gasteiger partial charge in [0.15, 0.2) is 11.5 Å². The third-order valence-corrected chi connectivity index (χ3v) is 6.62. The molecule has 2 fully saturated rings. The molecule has 10 heteroatoms. The Balaban J connectivity index is 1.41. The minimum absolute atomic E-state index is 0.0157. The molecule has 3 aromatic rings. The van der Waals surface area contributed by atoms with E-state index in [2.05, 4.69) is 19.9 Å². The van der Waals surface area contributed by atoms with Crippen molar-refractivity contribution < 1.29 is 22.4 Å². The highest BCUT2D eigenvalue weighted by Gasteiger charge is 2.49. The number of fused-ring (bicyclic) bond motifs is 2. The van der Waals surface area contributed by atoms with E-state index in [1.54, 1.807) is 19.1 Å². The number of aromatic nitrogens is 4. The minimum atomic E-state index is -4.54. The van der Waals surface area contributed by atoms with Gasteiger partial charge < -0.3 is 4.90 Å². The Labute approximate surface area is 193 Å². The highest BCUT2D eigenvalue weighted by molar-refractivity contribution is 6.01. The second-order valence-electron chi connectivity index (χ2n) is 8.84. The van der Waals surface area contributed by atoms with E-state index in [1.165, 1.54) is 18.5 Å². The average molecular weight is 471 g/mol. The molecule has 0 aliphatic carbocycles. The molecule has 0 saturated carbocycles. The third-order valence-electron chi connectivity index (χ3n) is 6.62. The molecule has 2 aromatic heterocycles. The molecule has 1 amide bonds. The normalized spacial score (nSPS) is 21.8. The van der Waals surface area contributed by atoms with Crippen LogP contribution in [0.25, 0.3) is 11.4 Å². The first-order valence-corrected chi connectivity index (χ1v) is 11.0. The molecule has 5 rings (SSSR count). The number of nitrogens with zero attached hydrogens (tertiary/aromatic N) is 5. The molecule has 0 radical (unpaired) electrons. The Kier molecular flexibility index (Phi) is 5.53. The average Bonchev–Trinajstić information content (AvgIpc) is 3.36. The highest BCUT2D eigenvalue weighted by atomic mass is 19.4. The van der Waals surface area contributed by atoms with Crippen molar-refractivity contribution in [3.63, 3.8) is 0 Å². The van der Waals surface area contributed by atoms with Gasteiger partial charge in [-0.1, -0.05) is 0 Å². The highest BCUT2D eigenvalue weighted by Crippen LogP contribution is 2.44. The molecule has 1 aromatic carbocycles. The van der Waals surface area contributed by atoms with Gasteiger partial charge >= 0.3 is 6.18 Å².